The molecule has 0 fully saturated rings. The maximum absolute atomic E-state index is 11.9. The van der Waals surface area contributed by atoms with Crippen LogP contribution in [0.25, 0.3) is 0 Å². The molecular formula is C16H23N3O6. The van der Waals surface area contributed by atoms with Gasteiger partial charge < -0.3 is 15.1 Å². The third-order valence-electron chi connectivity index (χ3n) is 3.25. The highest BCUT2D eigenvalue weighted by molar-refractivity contribution is 5.89. The van der Waals surface area contributed by atoms with Gasteiger partial charge in [-0.25, -0.2) is 9.59 Å². The van der Waals surface area contributed by atoms with Gasteiger partial charge in [0.2, 0.25) is 5.28 Å². The number of benzene rings is 1. The zero-order valence-electron chi connectivity index (χ0n) is 14.7. The van der Waals surface area contributed by atoms with Crippen molar-refractivity contribution in [3.63, 3.8) is 0 Å². The highest BCUT2D eigenvalue weighted by Crippen LogP contribution is 2.11. The van der Waals surface area contributed by atoms with Crippen LogP contribution < -0.4 is 0 Å². The standard InChI is InChI=1S/C16H23N3O6/c1-11(2)10-14(15(20)21)18(4)19(23)17-25-12(3)24-16(22)13-8-6-5-7-9-13/h5-9,11-12,14H,10H2,1-4H3,(H,20,21)/b19-17-/t12?,14-/m0/s1. The number of carbonyl (C=O) groups excluding carboxylic acids is 1. The molecule has 0 aliphatic carbocycles. The lowest BCUT2D eigenvalue weighted by atomic mass is 10.0. The van der Waals surface area contributed by atoms with E-state index < -0.39 is 24.3 Å². The molecule has 1 aromatic carbocycles. The van der Waals surface area contributed by atoms with E-state index in [1.165, 1.54) is 14.0 Å². The maximum atomic E-state index is 11.9. The lowest BCUT2D eigenvalue weighted by molar-refractivity contribution is -0.712. The smallest absolute Gasteiger partial charge is 0.341 e. The molecule has 0 radical (unpaired) electrons. The van der Waals surface area contributed by atoms with Crippen LogP contribution in [-0.2, 0) is 14.4 Å². The number of esters is 1. The summed E-state index contributed by atoms with van der Waals surface area (Å²) in [6.45, 7) is 5.08. The summed E-state index contributed by atoms with van der Waals surface area (Å²) in [5.41, 5.74) is 0.330. The van der Waals surface area contributed by atoms with Gasteiger partial charge in [0.05, 0.1) is 17.6 Å². The Morgan fingerprint density at radius 2 is 1.88 bits per heavy atom. The minimum Gasteiger partial charge on any atom is -0.569 e. The van der Waals surface area contributed by atoms with Crippen molar-refractivity contribution < 1.29 is 29.2 Å². The summed E-state index contributed by atoms with van der Waals surface area (Å²) in [7, 11) is 1.29. The van der Waals surface area contributed by atoms with Gasteiger partial charge in [0, 0.05) is 6.92 Å². The largest absolute Gasteiger partial charge is 0.569 e. The van der Waals surface area contributed by atoms with Crippen molar-refractivity contribution >= 4 is 11.9 Å². The van der Waals surface area contributed by atoms with E-state index in [1.54, 1.807) is 30.3 Å². The third kappa shape index (κ3) is 6.66. The first-order valence-corrected chi connectivity index (χ1v) is 7.78. The lowest BCUT2D eigenvalue weighted by Crippen LogP contribution is -2.43. The van der Waals surface area contributed by atoms with Crippen LogP contribution >= 0.6 is 0 Å². The van der Waals surface area contributed by atoms with Crippen LogP contribution in [0.3, 0.4) is 0 Å². The first-order valence-electron chi connectivity index (χ1n) is 7.78. The number of carboxylic acids is 1. The van der Waals surface area contributed by atoms with Crippen molar-refractivity contribution in [3.05, 3.63) is 41.1 Å². The Morgan fingerprint density at radius 1 is 1.28 bits per heavy atom. The van der Waals surface area contributed by atoms with E-state index in [2.05, 4.69) is 5.28 Å². The molecule has 0 bridgehead atoms. The molecule has 1 rings (SSSR count). The van der Waals surface area contributed by atoms with Crippen LogP contribution in [0.2, 0.25) is 0 Å². The molecule has 0 amide bonds. The summed E-state index contributed by atoms with van der Waals surface area (Å²) < 4.78 is 4.98. The molecule has 0 spiro atoms. The van der Waals surface area contributed by atoms with Crippen molar-refractivity contribution in [1.29, 1.82) is 0 Å². The average Bonchev–Trinajstić information content (AvgIpc) is 2.57. The Bertz CT molecular complexity index is 605. The first kappa shape index (κ1) is 20.2. The summed E-state index contributed by atoms with van der Waals surface area (Å²) >= 11 is 0. The molecule has 0 saturated heterocycles. The molecule has 9 heteroatoms. The fourth-order valence-corrected chi connectivity index (χ4v) is 1.96. The van der Waals surface area contributed by atoms with Crippen LogP contribution in [-0.4, -0.2) is 46.4 Å². The van der Waals surface area contributed by atoms with Crippen molar-refractivity contribution in [2.24, 2.45) is 11.2 Å². The van der Waals surface area contributed by atoms with Crippen LogP contribution in [0.15, 0.2) is 35.6 Å². The first-order chi connectivity index (χ1) is 11.7. The van der Waals surface area contributed by atoms with Gasteiger partial charge >= 0.3 is 11.9 Å². The number of carboxylic acid groups (broad SMARTS) is 1. The number of carbonyl (C=O) groups is 2. The van der Waals surface area contributed by atoms with Gasteiger partial charge in [-0.05, 0) is 24.5 Å². The van der Waals surface area contributed by atoms with Crippen molar-refractivity contribution in [2.75, 3.05) is 7.05 Å². The van der Waals surface area contributed by atoms with Gasteiger partial charge in [0.15, 0.2) is 6.04 Å². The average molecular weight is 353 g/mol. The van der Waals surface area contributed by atoms with Crippen LogP contribution in [0, 0.1) is 11.1 Å². The molecule has 0 aliphatic rings. The summed E-state index contributed by atoms with van der Waals surface area (Å²) in [4.78, 5) is 27.9. The highest BCUT2D eigenvalue weighted by atomic mass is 16.8. The van der Waals surface area contributed by atoms with E-state index in [1.807, 2.05) is 13.8 Å². The molecule has 0 heterocycles. The fraction of sp³-hybridized carbons (Fsp3) is 0.500. The van der Waals surface area contributed by atoms with Crippen LogP contribution in [0.4, 0.5) is 0 Å². The monoisotopic (exact) mass is 353 g/mol. The van der Waals surface area contributed by atoms with Crippen LogP contribution in [0.1, 0.15) is 37.6 Å². The van der Waals surface area contributed by atoms with E-state index in [0.717, 1.165) is 5.01 Å². The minimum atomic E-state index is -1.14. The summed E-state index contributed by atoms with van der Waals surface area (Å²) in [5, 5.41) is 25.2. The number of hydrogen-bond acceptors (Lipinski definition) is 6. The number of nitrogens with zero attached hydrogens (tertiary/aromatic N) is 3. The molecule has 1 unspecified atom stereocenters. The van der Waals surface area contributed by atoms with E-state index in [9.17, 15) is 19.9 Å². The van der Waals surface area contributed by atoms with Crippen LogP contribution in [0.5, 0.6) is 0 Å². The second-order valence-corrected chi connectivity index (χ2v) is 5.84. The van der Waals surface area contributed by atoms with Gasteiger partial charge in [0.25, 0.3) is 6.29 Å². The van der Waals surface area contributed by atoms with E-state index in [-0.39, 0.29) is 17.3 Å². The Morgan fingerprint density at radius 3 is 2.40 bits per heavy atom. The summed E-state index contributed by atoms with van der Waals surface area (Å²) in [6, 6.07) is 7.22. The topological polar surface area (TPSA) is 114 Å². The zero-order valence-corrected chi connectivity index (χ0v) is 14.7. The van der Waals surface area contributed by atoms with Gasteiger partial charge in [-0.3, -0.25) is 4.84 Å². The molecule has 1 aromatic rings. The van der Waals surface area contributed by atoms with Gasteiger partial charge in [-0.2, -0.15) is 0 Å². The Balaban J connectivity index is 2.63. The van der Waals surface area contributed by atoms with Crippen molar-refractivity contribution in [3.8, 4) is 0 Å². The Kier molecular flexibility index (Phi) is 7.64. The molecule has 0 aromatic heterocycles. The lowest BCUT2D eigenvalue weighted by Gasteiger charge is -2.21. The number of rotatable bonds is 9. The highest BCUT2D eigenvalue weighted by Gasteiger charge is 2.29. The predicted molar refractivity (Wildman–Crippen MR) is 87.1 cm³/mol. The molecule has 138 valence electrons. The quantitative estimate of drug-likeness (QED) is 0.238. The van der Waals surface area contributed by atoms with Gasteiger partial charge in [-0.15, -0.1) is 5.01 Å². The SMILES string of the molecule is CC(C)C[C@@H](C(=O)O)N(C)/[N+]([O-])=N/OC(C)OC(=O)c1ccccc1. The molecule has 25 heavy (non-hydrogen) atoms. The Hall–Kier alpha value is -2.84. The molecule has 0 aliphatic heterocycles. The Labute approximate surface area is 146 Å². The maximum Gasteiger partial charge on any atom is 0.341 e. The molecule has 2 atom stereocenters. The number of ether oxygens (including phenoxy) is 1. The second kappa shape index (κ2) is 9.45. The number of aliphatic carboxylic acids is 1. The number of likely N-dealkylation sites (N-methyl/N-ethyl adjacent to an activating group) is 1. The summed E-state index contributed by atoms with van der Waals surface area (Å²) in [6.07, 6.45) is -0.857. The number of hydrazine groups is 1. The molecule has 0 saturated carbocycles. The third-order valence-corrected chi connectivity index (χ3v) is 3.25. The molecule has 9 nitrogen and oxygen atoms in total. The fourth-order valence-electron chi connectivity index (χ4n) is 1.96. The zero-order chi connectivity index (χ0) is 19.0. The molecular weight excluding hydrogens is 330 g/mol. The number of hydrogen-bond donors (Lipinski definition) is 1. The van der Waals surface area contributed by atoms with E-state index in [0.29, 0.717) is 5.56 Å². The summed E-state index contributed by atoms with van der Waals surface area (Å²) in [5.74, 6) is -1.70. The van der Waals surface area contributed by atoms with E-state index >= 15 is 0 Å². The van der Waals surface area contributed by atoms with Gasteiger partial charge in [0.1, 0.15) is 0 Å². The minimum absolute atomic E-state index is 0.0218. The second-order valence-electron chi connectivity index (χ2n) is 5.84. The van der Waals surface area contributed by atoms with Crippen molar-refractivity contribution in [1.82, 2.24) is 5.01 Å². The van der Waals surface area contributed by atoms with Gasteiger partial charge in [-0.1, -0.05) is 32.0 Å². The normalized spacial score (nSPS) is 13.9. The van der Waals surface area contributed by atoms with E-state index in [4.69, 9.17) is 9.57 Å². The molecule has 1 N–H and O–H groups in total. The van der Waals surface area contributed by atoms with Crippen molar-refractivity contribution in [2.45, 2.75) is 39.5 Å². The predicted octanol–water partition coefficient (Wildman–Crippen LogP) is 2.43.